The Morgan fingerprint density at radius 2 is 2.17 bits per heavy atom. The monoisotopic (exact) mass is 248 g/mol. The molecule has 2 aromatic rings. The summed E-state index contributed by atoms with van der Waals surface area (Å²) in [5, 5.41) is 22.2. The lowest BCUT2D eigenvalue weighted by Crippen LogP contribution is -2.04. The molecule has 1 heterocycles. The lowest BCUT2D eigenvalue weighted by molar-refractivity contribution is 0.0687. The maximum atomic E-state index is 10.8. The summed E-state index contributed by atoms with van der Waals surface area (Å²) in [5.41, 5.74) is 1.14. The Hall–Kier alpha value is -2.34. The van der Waals surface area contributed by atoms with Crippen LogP contribution in [0.1, 0.15) is 16.1 Å². The number of methoxy groups -OCH3 is 1. The van der Waals surface area contributed by atoms with Gasteiger partial charge in [-0.05, 0) is 6.07 Å². The molecule has 0 amide bonds. The van der Waals surface area contributed by atoms with Crippen molar-refractivity contribution in [2.45, 2.75) is 6.61 Å². The van der Waals surface area contributed by atoms with E-state index in [1.54, 1.807) is 19.2 Å². The SMILES string of the molecule is COCc1ccccc1-n1cc(O)c(C(=O)O)n1. The van der Waals surface area contributed by atoms with Crippen molar-refractivity contribution >= 4 is 5.97 Å². The summed E-state index contributed by atoms with van der Waals surface area (Å²) in [5.74, 6) is -1.63. The number of aromatic nitrogens is 2. The van der Waals surface area contributed by atoms with E-state index in [4.69, 9.17) is 9.84 Å². The van der Waals surface area contributed by atoms with Crippen LogP contribution in [0, 0.1) is 0 Å². The van der Waals surface area contributed by atoms with Crippen molar-refractivity contribution in [3.63, 3.8) is 0 Å². The van der Waals surface area contributed by atoms with Gasteiger partial charge in [0.25, 0.3) is 0 Å². The Balaban J connectivity index is 2.48. The van der Waals surface area contributed by atoms with Gasteiger partial charge in [0.2, 0.25) is 5.69 Å². The number of hydrogen-bond donors (Lipinski definition) is 2. The largest absolute Gasteiger partial charge is 0.504 e. The normalized spacial score (nSPS) is 10.5. The van der Waals surface area contributed by atoms with Crippen molar-refractivity contribution in [2.75, 3.05) is 7.11 Å². The second kappa shape index (κ2) is 4.89. The molecule has 94 valence electrons. The predicted octanol–water partition coefficient (Wildman–Crippen LogP) is 1.42. The highest BCUT2D eigenvalue weighted by Crippen LogP contribution is 2.20. The molecule has 0 spiro atoms. The van der Waals surface area contributed by atoms with Crippen LogP contribution >= 0.6 is 0 Å². The Bertz CT molecular complexity index is 577. The van der Waals surface area contributed by atoms with Crippen molar-refractivity contribution in [1.29, 1.82) is 0 Å². The van der Waals surface area contributed by atoms with Gasteiger partial charge >= 0.3 is 5.97 Å². The van der Waals surface area contributed by atoms with Crippen LogP contribution in [0.15, 0.2) is 30.5 Å². The summed E-state index contributed by atoms with van der Waals surface area (Å²) in [7, 11) is 1.57. The zero-order valence-electron chi connectivity index (χ0n) is 9.70. The third-order valence-electron chi connectivity index (χ3n) is 2.44. The van der Waals surface area contributed by atoms with E-state index in [0.717, 1.165) is 5.56 Å². The van der Waals surface area contributed by atoms with Gasteiger partial charge in [-0.15, -0.1) is 0 Å². The van der Waals surface area contributed by atoms with Gasteiger partial charge in [-0.25, -0.2) is 9.48 Å². The molecule has 18 heavy (non-hydrogen) atoms. The summed E-state index contributed by atoms with van der Waals surface area (Å²) >= 11 is 0. The maximum absolute atomic E-state index is 10.8. The number of carboxylic acids is 1. The molecule has 0 saturated carbocycles. The minimum absolute atomic E-state index is 0.366. The van der Waals surface area contributed by atoms with Crippen molar-refractivity contribution in [2.24, 2.45) is 0 Å². The molecule has 0 fully saturated rings. The first kappa shape index (κ1) is 12.1. The lowest BCUT2D eigenvalue weighted by atomic mass is 10.2. The van der Waals surface area contributed by atoms with Gasteiger partial charge in [-0.1, -0.05) is 18.2 Å². The van der Waals surface area contributed by atoms with E-state index in [-0.39, 0.29) is 11.4 Å². The molecule has 0 aliphatic rings. The van der Waals surface area contributed by atoms with E-state index in [0.29, 0.717) is 12.3 Å². The van der Waals surface area contributed by atoms with Crippen LogP contribution in [0.5, 0.6) is 5.75 Å². The lowest BCUT2D eigenvalue weighted by Gasteiger charge is -2.07. The van der Waals surface area contributed by atoms with Gasteiger partial charge in [-0.3, -0.25) is 0 Å². The molecule has 0 radical (unpaired) electrons. The highest BCUT2D eigenvalue weighted by molar-refractivity contribution is 5.88. The van der Waals surface area contributed by atoms with E-state index in [2.05, 4.69) is 5.10 Å². The number of nitrogens with zero attached hydrogens (tertiary/aromatic N) is 2. The molecule has 6 heteroatoms. The standard InChI is InChI=1S/C12H12N2O4/c1-18-7-8-4-2-3-5-9(8)14-6-10(15)11(13-14)12(16)17/h2-6,15H,7H2,1H3,(H,16,17). The Morgan fingerprint density at radius 1 is 1.44 bits per heavy atom. The molecule has 6 nitrogen and oxygen atoms in total. The number of aromatic hydroxyl groups is 1. The molecule has 0 saturated heterocycles. The molecule has 0 aliphatic carbocycles. The zero-order valence-corrected chi connectivity index (χ0v) is 9.70. The van der Waals surface area contributed by atoms with E-state index >= 15 is 0 Å². The highest BCUT2D eigenvalue weighted by Gasteiger charge is 2.16. The van der Waals surface area contributed by atoms with Crippen LogP contribution in [0.4, 0.5) is 0 Å². The van der Waals surface area contributed by atoms with Gasteiger partial charge in [0.05, 0.1) is 18.5 Å². The smallest absolute Gasteiger partial charge is 0.360 e. The second-order valence-corrected chi connectivity index (χ2v) is 3.67. The minimum Gasteiger partial charge on any atom is -0.504 e. The van der Waals surface area contributed by atoms with Crippen LogP contribution in [-0.4, -0.2) is 33.1 Å². The van der Waals surface area contributed by atoms with Gasteiger partial charge in [-0.2, -0.15) is 5.10 Å². The van der Waals surface area contributed by atoms with Gasteiger partial charge in [0.1, 0.15) is 0 Å². The van der Waals surface area contributed by atoms with Crippen molar-refractivity contribution in [3.05, 3.63) is 41.7 Å². The third kappa shape index (κ3) is 2.18. The molecule has 0 unspecified atom stereocenters. The maximum Gasteiger partial charge on any atom is 0.360 e. The van der Waals surface area contributed by atoms with Crippen molar-refractivity contribution < 1.29 is 19.7 Å². The predicted molar refractivity (Wildman–Crippen MR) is 62.9 cm³/mol. The first-order chi connectivity index (χ1) is 8.63. The number of rotatable bonds is 4. The summed E-state index contributed by atoms with van der Waals surface area (Å²) in [6, 6.07) is 7.26. The number of hydrogen-bond acceptors (Lipinski definition) is 4. The molecule has 2 rings (SSSR count). The van der Waals surface area contributed by atoms with Crippen LogP contribution in [0.25, 0.3) is 5.69 Å². The van der Waals surface area contributed by atoms with Crippen molar-refractivity contribution in [1.82, 2.24) is 9.78 Å². The zero-order chi connectivity index (χ0) is 13.1. The van der Waals surface area contributed by atoms with Gasteiger partial charge < -0.3 is 14.9 Å². The average Bonchev–Trinajstić information content (AvgIpc) is 2.72. The fourth-order valence-corrected chi connectivity index (χ4v) is 1.65. The topological polar surface area (TPSA) is 84.6 Å². The third-order valence-corrected chi connectivity index (χ3v) is 2.44. The summed E-state index contributed by atoms with van der Waals surface area (Å²) < 4.78 is 6.38. The molecule has 0 atom stereocenters. The number of para-hydroxylation sites is 1. The first-order valence-electron chi connectivity index (χ1n) is 5.22. The Labute approximate surface area is 103 Å². The Kier molecular flexibility index (Phi) is 3.29. The highest BCUT2D eigenvalue weighted by atomic mass is 16.5. The molecular weight excluding hydrogens is 236 g/mol. The number of carbonyl (C=O) groups is 1. The van der Waals surface area contributed by atoms with Crippen LogP contribution in [0.3, 0.4) is 0 Å². The number of carboxylic acid groups (broad SMARTS) is 1. The van der Waals surface area contributed by atoms with Crippen molar-refractivity contribution in [3.8, 4) is 11.4 Å². The summed E-state index contributed by atoms with van der Waals surface area (Å²) in [6.45, 7) is 0.374. The van der Waals surface area contributed by atoms with Crippen LogP contribution in [0.2, 0.25) is 0 Å². The molecular formula is C12H12N2O4. The average molecular weight is 248 g/mol. The van der Waals surface area contributed by atoms with E-state index in [1.165, 1.54) is 10.9 Å². The summed E-state index contributed by atoms with van der Waals surface area (Å²) in [6.07, 6.45) is 1.26. The molecule has 1 aromatic heterocycles. The summed E-state index contributed by atoms with van der Waals surface area (Å²) in [4.78, 5) is 10.8. The molecule has 1 aromatic carbocycles. The number of ether oxygens (including phenoxy) is 1. The first-order valence-corrected chi connectivity index (χ1v) is 5.22. The molecule has 0 aliphatic heterocycles. The molecule has 2 N–H and O–H groups in total. The Morgan fingerprint density at radius 3 is 2.78 bits per heavy atom. The van der Waals surface area contributed by atoms with Crippen LogP contribution in [-0.2, 0) is 11.3 Å². The van der Waals surface area contributed by atoms with Gasteiger partial charge in [0.15, 0.2) is 5.75 Å². The second-order valence-electron chi connectivity index (χ2n) is 3.67. The molecule has 0 bridgehead atoms. The quantitative estimate of drug-likeness (QED) is 0.854. The number of aromatic carboxylic acids is 1. The fourth-order valence-electron chi connectivity index (χ4n) is 1.65. The van der Waals surface area contributed by atoms with Crippen LogP contribution < -0.4 is 0 Å². The van der Waals surface area contributed by atoms with Gasteiger partial charge in [0, 0.05) is 12.7 Å². The van der Waals surface area contributed by atoms with E-state index in [1.807, 2.05) is 12.1 Å². The fraction of sp³-hybridized carbons (Fsp3) is 0.167. The number of benzene rings is 1. The van der Waals surface area contributed by atoms with E-state index in [9.17, 15) is 9.90 Å². The van der Waals surface area contributed by atoms with E-state index < -0.39 is 5.97 Å². The minimum atomic E-state index is -1.27.